The van der Waals surface area contributed by atoms with Crippen LogP contribution < -0.4 is 4.90 Å². The average Bonchev–Trinajstić information content (AvgIpc) is 2.54. The summed E-state index contributed by atoms with van der Waals surface area (Å²) in [6.07, 6.45) is 1.25. The van der Waals surface area contributed by atoms with Crippen molar-refractivity contribution in [1.82, 2.24) is 0 Å². The Labute approximate surface area is 140 Å². The largest absolute Gasteiger partial charge is 0.314 e. The van der Waals surface area contributed by atoms with Crippen LogP contribution in [0.25, 0.3) is 0 Å². The van der Waals surface area contributed by atoms with Gasteiger partial charge in [0.15, 0.2) is 4.91 Å². The summed E-state index contributed by atoms with van der Waals surface area (Å²) in [6, 6.07) is 13.3. The molecule has 122 valence electrons. The Bertz CT molecular complexity index is 988. The first-order valence-electron chi connectivity index (χ1n) is 7.41. The van der Waals surface area contributed by atoms with Crippen LogP contribution in [0.1, 0.15) is 25.3 Å². The van der Waals surface area contributed by atoms with E-state index in [1.54, 1.807) is 17.0 Å². The molecule has 0 radical (unpaired) electrons. The van der Waals surface area contributed by atoms with Crippen molar-refractivity contribution in [2.75, 3.05) is 4.90 Å². The van der Waals surface area contributed by atoms with E-state index in [4.69, 9.17) is 0 Å². The smallest absolute Gasteiger partial charge is 0.223 e. The topological polar surface area (TPSA) is 61.2 Å². The van der Waals surface area contributed by atoms with E-state index >= 15 is 0 Å². The lowest BCUT2D eigenvalue weighted by molar-refractivity contribution is 0.570. The molecule has 1 heterocycles. The summed E-state index contributed by atoms with van der Waals surface area (Å²) in [6.45, 7) is 4.09. The monoisotopic (exact) mass is 342 g/mol. The SMILES string of the molecule is CC(C)c1cccc(N2C=C(C#N)S(=O)(=O)c3c(F)cccc32)c1. The summed E-state index contributed by atoms with van der Waals surface area (Å²) in [5, 5.41) is 9.20. The molecule has 0 spiro atoms. The minimum absolute atomic E-state index is 0.204. The molecular formula is C18H15FN2O2S. The molecule has 0 saturated heterocycles. The number of sulfone groups is 1. The van der Waals surface area contributed by atoms with Crippen LogP contribution in [0, 0.1) is 17.1 Å². The van der Waals surface area contributed by atoms with Gasteiger partial charge >= 0.3 is 0 Å². The molecule has 0 unspecified atom stereocenters. The molecule has 0 atom stereocenters. The van der Waals surface area contributed by atoms with Crippen molar-refractivity contribution < 1.29 is 12.8 Å². The zero-order valence-electron chi connectivity index (χ0n) is 13.2. The van der Waals surface area contributed by atoms with E-state index < -0.39 is 25.5 Å². The quantitative estimate of drug-likeness (QED) is 0.819. The number of halogens is 1. The van der Waals surface area contributed by atoms with Gasteiger partial charge in [0.05, 0.1) is 5.69 Å². The highest BCUT2D eigenvalue weighted by Gasteiger charge is 2.34. The highest BCUT2D eigenvalue weighted by molar-refractivity contribution is 7.95. The summed E-state index contributed by atoms with van der Waals surface area (Å²) in [5.74, 6) is -0.580. The van der Waals surface area contributed by atoms with Crippen molar-refractivity contribution in [3.05, 3.63) is 65.0 Å². The van der Waals surface area contributed by atoms with Gasteiger partial charge in [-0.1, -0.05) is 32.0 Å². The number of fused-ring (bicyclic) bond motifs is 1. The van der Waals surface area contributed by atoms with Crippen LogP contribution in [0.5, 0.6) is 0 Å². The van der Waals surface area contributed by atoms with E-state index in [1.807, 2.05) is 32.0 Å². The predicted molar refractivity (Wildman–Crippen MR) is 90.0 cm³/mol. The molecule has 1 aliphatic rings. The van der Waals surface area contributed by atoms with Crippen LogP contribution in [0.2, 0.25) is 0 Å². The van der Waals surface area contributed by atoms with Crippen LogP contribution in [0.4, 0.5) is 15.8 Å². The molecule has 0 amide bonds. The second kappa shape index (κ2) is 5.77. The van der Waals surface area contributed by atoms with Crippen molar-refractivity contribution in [3.8, 4) is 6.07 Å². The van der Waals surface area contributed by atoms with Gasteiger partial charge < -0.3 is 4.90 Å². The number of rotatable bonds is 2. The third kappa shape index (κ3) is 2.47. The number of benzene rings is 2. The van der Waals surface area contributed by atoms with E-state index in [1.165, 1.54) is 18.3 Å². The molecule has 0 aromatic heterocycles. The van der Waals surface area contributed by atoms with Crippen LogP contribution in [0.3, 0.4) is 0 Å². The summed E-state index contributed by atoms with van der Waals surface area (Å²) in [4.78, 5) is 0.609. The van der Waals surface area contributed by atoms with Gasteiger partial charge in [-0.05, 0) is 35.7 Å². The molecule has 4 nitrogen and oxygen atoms in total. The molecule has 0 N–H and O–H groups in total. The van der Waals surface area contributed by atoms with Gasteiger partial charge in [0.1, 0.15) is 16.8 Å². The van der Waals surface area contributed by atoms with Crippen molar-refractivity contribution in [2.45, 2.75) is 24.7 Å². The van der Waals surface area contributed by atoms with Crippen LogP contribution in [0.15, 0.2) is 58.5 Å². The minimum atomic E-state index is -4.15. The van der Waals surface area contributed by atoms with E-state index in [0.717, 1.165) is 11.6 Å². The molecule has 2 aromatic rings. The predicted octanol–water partition coefficient (Wildman–Crippen LogP) is 4.24. The molecular weight excluding hydrogens is 327 g/mol. The van der Waals surface area contributed by atoms with Gasteiger partial charge in [0, 0.05) is 11.9 Å². The Morgan fingerprint density at radius 1 is 1.17 bits per heavy atom. The van der Waals surface area contributed by atoms with Crippen LogP contribution in [-0.4, -0.2) is 8.42 Å². The standard InChI is InChI=1S/C18H15FN2O2S/c1-12(2)13-5-3-6-14(9-13)21-11-15(10-20)24(22,23)18-16(19)7-4-8-17(18)21/h3-9,11-12H,1-2H3. The van der Waals surface area contributed by atoms with E-state index in [9.17, 15) is 18.1 Å². The first kappa shape index (κ1) is 16.2. The van der Waals surface area contributed by atoms with E-state index in [2.05, 4.69) is 0 Å². The number of hydrogen-bond acceptors (Lipinski definition) is 4. The van der Waals surface area contributed by atoms with Gasteiger partial charge in [-0.3, -0.25) is 0 Å². The van der Waals surface area contributed by atoms with Gasteiger partial charge in [0.2, 0.25) is 9.84 Å². The summed E-state index contributed by atoms with van der Waals surface area (Å²) < 4.78 is 39.1. The maximum Gasteiger partial charge on any atom is 0.223 e. The lowest BCUT2D eigenvalue weighted by Gasteiger charge is -2.28. The number of hydrogen-bond donors (Lipinski definition) is 0. The minimum Gasteiger partial charge on any atom is -0.314 e. The maximum absolute atomic E-state index is 14.2. The van der Waals surface area contributed by atoms with Gasteiger partial charge in [-0.25, -0.2) is 12.8 Å². The first-order valence-corrected chi connectivity index (χ1v) is 8.89. The van der Waals surface area contributed by atoms with Gasteiger partial charge in [-0.15, -0.1) is 0 Å². The fourth-order valence-corrected chi connectivity index (χ4v) is 4.01. The molecule has 6 heteroatoms. The number of nitriles is 1. The summed E-state index contributed by atoms with van der Waals surface area (Å²) in [5.41, 5.74) is 1.94. The normalized spacial score (nSPS) is 15.6. The second-order valence-electron chi connectivity index (χ2n) is 5.82. The Morgan fingerprint density at radius 2 is 1.88 bits per heavy atom. The van der Waals surface area contributed by atoms with Gasteiger partial charge in [-0.2, -0.15) is 5.26 Å². The van der Waals surface area contributed by atoms with Crippen LogP contribution in [-0.2, 0) is 9.84 Å². The highest BCUT2D eigenvalue weighted by atomic mass is 32.2. The lowest BCUT2D eigenvalue weighted by atomic mass is 10.0. The van der Waals surface area contributed by atoms with Crippen molar-refractivity contribution in [3.63, 3.8) is 0 Å². The Morgan fingerprint density at radius 3 is 2.54 bits per heavy atom. The van der Waals surface area contributed by atoms with E-state index in [0.29, 0.717) is 5.69 Å². The highest BCUT2D eigenvalue weighted by Crippen LogP contribution is 2.41. The molecule has 2 aromatic carbocycles. The van der Waals surface area contributed by atoms with Crippen molar-refractivity contribution >= 4 is 21.2 Å². The van der Waals surface area contributed by atoms with Gasteiger partial charge in [0.25, 0.3) is 0 Å². The molecule has 0 bridgehead atoms. The van der Waals surface area contributed by atoms with Crippen molar-refractivity contribution in [1.29, 1.82) is 5.26 Å². The lowest BCUT2D eigenvalue weighted by Crippen LogP contribution is -2.22. The number of allylic oxidation sites excluding steroid dienone is 1. The average molecular weight is 342 g/mol. The van der Waals surface area contributed by atoms with E-state index in [-0.39, 0.29) is 11.6 Å². The molecule has 0 fully saturated rings. The Balaban J connectivity index is 2.29. The third-order valence-electron chi connectivity index (χ3n) is 3.94. The molecule has 1 aliphatic heterocycles. The fourth-order valence-electron chi connectivity index (χ4n) is 2.66. The Hall–Kier alpha value is -2.65. The molecule has 24 heavy (non-hydrogen) atoms. The van der Waals surface area contributed by atoms with Crippen molar-refractivity contribution in [2.24, 2.45) is 0 Å². The van der Waals surface area contributed by atoms with Crippen LogP contribution >= 0.6 is 0 Å². The summed E-state index contributed by atoms with van der Waals surface area (Å²) in [7, 11) is -4.15. The summed E-state index contributed by atoms with van der Waals surface area (Å²) >= 11 is 0. The molecule has 0 aliphatic carbocycles. The maximum atomic E-state index is 14.2. The molecule has 3 rings (SSSR count). The first-order chi connectivity index (χ1) is 11.4. The molecule has 0 saturated carbocycles. The number of nitrogens with zero attached hydrogens (tertiary/aromatic N) is 2. The fraction of sp³-hybridized carbons (Fsp3) is 0.167. The second-order valence-corrected chi connectivity index (χ2v) is 7.67. The third-order valence-corrected chi connectivity index (χ3v) is 5.65. The zero-order valence-corrected chi connectivity index (χ0v) is 14.0. The Kier molecular flexibility index (Phi) is 3.90. The number of anilines is 2. The zero-order chi connectivity index (χ0) is 17.5.